The summed E-state index contributed by atoms with van der Waals surface area (Å²) in [6.45, 7) is 1.66. The van der Waals surface area contributed by atoms with E-state index in [1.807, 2.05) is 0 Å². The SMILES string of the molecule is CC1Oc2ccc(C(=O)CS(=O)Cc3cccc(C(=O)O)c3)cc2N(C)C1=O. The highest BCUT2D eigenvalue weighted by Gasteiger charge is 2.29. The minimum absolute atomic E-state index is 0.0802. The first-order valence-corrected chi connectivity index (χ1v) is 10.0. The molecule has 2 aromatic carbocycles. The van der Waals surface area contributed by atoms with Crippen LogP contribution in [0.1, 0.15) is 33.2 Å². The molecule has 0 aromatic heterocycles. The van der Waals surface area contributed by atoms with Gasteiger partial charge in [0.25, 0.3) is 5.91 Å². The predicted molar refractivity (Wildman–Crippen MR) is 104 cm³/mol. The fraction of sp³-hybridized carbons (Fsp3) is 0.250. The van der Waals surface area contributed by atoms with Crippen LogP contribution in [-0.2, 0) is 21.3 Å². The van der Waals surface area contributed by atoms with Gasteiger partial charge in [-0.05, 0) is 42.8 Å². The Morgan fingerprint density at radius 3 is 2.64 bits per heavy atom. The first-order valence-electron chi connectivity index (χ1n) is 8.55. The lowest BCUT2D eigenvalue weighted by molar-refractivity contribution is -0.125. The Balaban J connectivity index is 1.71. The number of benzene rings is 2. The predicted octanol–water partition coefficient (Wildman–Crippen LogP) is 2.26. The van der Waals surface area contributed by atoms with Crippen LogP contribution in [0.5, 0.6) is 5.75 Å². The van der Waals surface area contributed by atoms with Gasteiger partial charge in [0.15, 0.2) is 11.9 Å². The zero-order valence-electron chi connectivity index (χ0n) is 15.4. The molecule has 0 spiro atoms. The van der Waals surface area contributed by atoms with Crippen LogP contribution in [-0.4, -0.2) is 45.9 Å². The van der Waals surface area contributed by atoms with Crippen molar-refractivity contribution in [3.8, 4) is 5.75 Å². The molecule has 1 amide bonds. The van der Waals surface area contributed by atoms with Gasteiger partial charge >= 0.3 is 5.97 Å². The van der Waals surface area contributed by atoms with Crippen molar-refractivity contribution in [2.45, 2.75) is 18.8 Å². The zero-order chi connectivity index (χ0) is 20.4. The first kappa shape index (κ1) is 19.8. The fourth-order valence-electron chi connectivity index (χ4n) is 2.95. The number of hydrogen-bond donors (Lipinski definition) is 1. The van der Waals surface area contributed by atoms with Crippen LogP contribution < -0.4 is 9.64 Å². The number of fused-ring (bicyclic) bond motifs is 1. The normalized spacial score (nSPS) is 16.9. The van der Waals surface area contributed by atoms with E-state index in [-0.39, 0.29) is 28.8 Å². The van der Waals surface area contributed by atoms with Crippen molar-refractivity contribution in [2.24, 2.45) is 0 Å². The number of hydrogen-bond acceptors (Lipinski definition) is 5. The van der Waals surface area contributed by atoms with Gasteiger partial charge in [-0.15, -0.1) is 0 Å². The molecule has 1 aliphatic rings. The van der Waals surface area contributed by atoms with Crippen LogP contribution >= 0.6 is 0 Å². The number of Topliss-reactive ketones (excluding diaryl/α,β-unsaturated/α-hetero) is 1. The van der Waals surface area contributed by atoms with Crippen molar-refractivity contribution in [2.75, 3.05) is 17.7 Å². The van der Waals surface area contributed by atoms with Crippen molar-refractivity contribution < 1.29 is 28.4 Å². The molecule has 0 bridgehead atoms. The van der Waals surface area contributed by atoms with Gasteiger partial charge in [0.1, 0.15) is 5.75 Å². The molecule has 1 N–H and O–H groups in total. The number of likely N-dealkylation sites (N-methyl/N-ethyl adjacent to an activating group) is 1. The topological polar surface area (TPSA) is 101 Å². The number of aromatic carboxylic acids is 1. The fourth-order valence-corrected chi connectivity index (χ4v) is 4.06. The van der Waals surface area contributed by atoms with Gasteiger partial charge in [-0.2, -0.15) is 0 Å². The summed E-state index contributed by atoms with van der Waals surface area (Å²) in [4.78, 5) is 37.0. The number of carboxylic acid groups (broad SMARTS) is 1. The molecule has 0 radical (unpaired) electrons. The van der Waals surface area contributed by atoms with Crippen LogP contribution in [0.2, 0.25) is 0 Å². The van der Waals surface area contributed by atoms with E-state index in [2.05, 4.69) is 0 Å². The van der Waals surface area contributed by atoms with Gasteiger partial charge in [0.2, 0.25) is 0 Å². The second-order valence-corrected chi connectivity index (χ2v) is 7.95. The maximum Gasteiger partial charge on any atom is 0.335 e. The Kier molecular flexibility index (Phi) is 5.60. The molecular formula is C20H19NO6S. The average Bonchev–Trinajstić information content (AvgIpc) is 2.66. The molecule has 2 unspecified atom stereocenters. The van der Waals surface area contributed by atoms with Gasteiger partial charge in [-0.25, -0.2) is 4.79 Å². The summed E-state index contributed by atoms with van der Waals surface area (Å²) in [7, 11) is 0.113. The van der Waals surface area contributed by atoms with Gasteiger partial charge in [0.05, 0.1) is 17.0 Å². The number of rotatable bonds is 6. The summed E-state index contributed by atoms with van der Waals surface area (Å²) < 4.78 is 17.9. The Hall–Kier alpha value is -3.00. The van der Waals surface area contributed by atoms with Crippen LogP contribution in [0, 0.1) is 0 Å². The van der Waals surface area contributed by atoms with E-state index in [1.165, 1.54) is 17.0 Å². The second-order valence-electron chi connectivity index (χ2n) is 6.50. The van der Waals surface area contributed by atoms with E-state index in [4.69, 9.17) is 9.84 Å². The van der Waals surface area contributed by atoms with E-state index in [0.717, 1.165) is 0 Å². The van der Waals surface area contributed by atoms with E-state index in [1.54, 1.807) is 44.3 Å². The van der Waals surface area contributed by atoms with E-state index >= 15 is 0 Å². The number of anilines is 1. The Morgan fingerprint density at radius 1 is 1.18 bits per heavy atom. The minimum atomic E-state index is -1.50. The summed E-state index contributed by atoms with van der Waals surface area (Å²) in [5, 5.41) is 9.02. The molecule has 2 atom stereocenters. The standard InChI is InChI=1S/C20H19NO6S/c1-12-19(23)21(2)16-9-14(6-7-18(16)27-12)17(22)11-28(26)10-13-4-3-5-15(8-13)20(24)25/h3-9,12H,10-11H2,1-2H3,(H,24,25). The van der Waals surface area contributed by atoms with Crippen molar-refractivity contribution in [1.29, 1.82) is 0 Å². The summed E-state index contributed by atoms with van der Waals surface area (Å²) in [5.74, 6) is -1.21. The van der Waals surface area contributed by atoms with Crippen molar-refractivity contribution >= 4 is 34.1 Å². The third-order valence-electron chi connectivity index (χ3n) is 4.42. The molecule has 3 rings (SSSR count). The highest BCUT2D eigenvalue weighted by molar-refractivity contribution is 7.85. The molecular weight excluding hydrogens is 382 g/mol. The average molecular weight is 401 g/mol. The van der Waals surface area contributed by atoms with Crippen LogP contribution in [0.15, 0.2) is 42.5 Å². The Labute approximate surface area is 164 Å². The third-order valence-corrected chi connectivity index (χ3v) is 5.66. The highest BCUT2D eigenvalue weighted by atomic mass is 32.2. The first-order chi connectivity index (χ1) is 13.3. The third kappa shape index (κ3) is 4.12. The highest BCUT2D eigenvalue weighted by Crippen LogP contribution is 2.34. The smallest absolute Gasteiger partial charge is 0.335 e. The minimum Gasteiger partial charge on any atom is -0.479 e. The number of nitrogens with zero attached hydrogens (tertiary/aromatic N) is 1. The lowest BCUT2D eigenvalue weighted by Gasteiger charge is -2.30. The maximum atomic E-state index is 12.5. The molecule has 8 heteroatoms. The van der Waals surface area contributed by atoms with Crippen LogP contribution in [0.25, 0.3) is 0 Å². The van der Waals surface area contributed by atoms with Crippen molar-refractivity contribution in [3.05, 3.63) is 59.2 Å². The second kappa shape index (κ2) is 7.93. The largest absolute Gasteiger partial charge is 0.479 e. The lowest BCUT2D eigenvalue weighted by atomic mass is 10.1. The number of carbonyl (C=O) groups excluding carboxylic acids is 2. The van der Waals surface area contributed by atoms with Crippen molar-refractivity contribution in [1.82, 2.24) is 0 Å². The molecule has 146 valence electrons. The summed E-state index contributed by atoms with van der Waals surface area (Å²) in [5.41, 5.74) is 1.53. The van der Waals surface area contributed by atoms with E-state index in [0.29, 0.717) is 22.6 Å². The Morgan fingerprint density at radius 2 is 1.93 bits per heavy atom. The van der Waals surface area contributed by atoms with Crippen LogP contribution in [0.4, 0.5) is 5.69 Å². The lowest BCUT2D eigenvalue weighted by Crippen LogP contribution is -2.42. The van der Waals surface area contributed by atoms with Gasteiger partial charge < -0.3 is 14.7 Å². The molecule has 28 heavy (non-hydrogen) atoms. The summed E-state index contributed by atoms with van der Waals surface area (Å²) >= 11 is 0. The quantitative estimate of drug-likeness (QED) is 0.745. The van der Waals surface area contributed by atoms with Gasteiger partial charge in [0, 0.05) is 29.2 Å². The molecule has 1 aliphatic heterocycles. The Bertz CT molecular complexity index is 986. The molecule has 1 heterocycles. The number of amides is 1. The summed E-state index contributed by atoms with van der Waals surface area (Å²) in [6.07, 6.45) is -0.590. The number of ketones is 1. The van der Waals surface area contributed by atoms with E-state index < -0.39 is 22.9 Å². The maximum absolute atomic E-state index is 12.5. The van der Waals surface area contributed by atoms with Gasteiger partial charge in [-0.1, -0.05) is 12.1 Å². The summed E-state index contributed by atoms with van der Waals surface area (Å²) in [6, 6.07) is 10.9. The molecule has 0 saturated heterocycles. The molecule has 0 fully saturated rings. The molecule has 7 nitrogen and oxygen atoms in total. The van der Waals surface area contributed by atoms with E-state index in [9.17, 15) is 18.6 Å². The van der Waals surface area contributed by atoms with Crippen molar-refractivity contribution in [3.63, 3.8) is 0 Å². The molecule has 2 aromatic rings. The zero-order valence-corrected chi connectivity index (χ0v) is 16.2. The number of carbonyl (C=O) groups is 3. The monoisotopic (exact) mass is 401 g/mol. The number of carboxylic acids is 1. The molecule has 0 saturated carbocycles. The van der Waals surface area contributed by atoms with Crippen LogP contribution in [0.3, 0.4) is 0 Å². The van der Waals surface area contributed by atoms with Gasteiger partial charge in [-0.3, -0.25) is 13.8 Å². The number of ether oxygens (including phenoxy) is 1. The molecule has 0 aliphatic carbocycles.